The van der Waals surface area contributed by atoms with E-state index < -0.39 is 5.41 Å². The van der Waals surface area contributed by atoms with E-state index >= 15 is 0 Å². The zero-order valence-corrected chi connectivity index (χ0v) is 10.7. The van der Waals surface area contributed by atoms with E-state index in [-0.39, 0.29) is 5.91 Å². The summed E-state index contributed by atoms with van der Waals surface area (Å²) in [4.78, 5) is 11.9. The summed E-state index contributed by atoms with van der Waals surface area (Å²) in [6.07, 6.45) is 8.75. The second-order valence-corrected chi connectivity index (χ2v) is 5.67. The first-order valence-corrected chi connectivity index (χ1v) is 6.92. The average molecular weight is 234 g/mol. The summed E-state index contributed by atoms with van der Waals surface area (Å²) in [5.74, 6) is 0.845. The molecule has 17 heavy (non-hydrogen) atoms. The Labute approximate surface area is 104 Å². The van der Waals surface area contributed by atoms with Crippen molar-refractivity contribution in [1.29, 1.82) is 5.26 Å². The Kier molecular flexibility index (Phi) is 3.71. The van der Waals surface area contributed by atoms with Crippen LogP contribution in [0.1, 0.15) is 58.3 Å². The van der Waals surface area contributed by atoms with E-state index in [1.807, 2.05) is 0 Å². The van der Waals surface area contributed by atoms with Crippen LogP contribution >= 0.6 is 0 Å². The molecule has 3 nitrogen and oxygen atoms in total. The Morgan fingerprint density at radius 2 is 2.00 bits per heavy atom. The number of hydrogen-bond donors (Lipinski definition) is 1. The minimum absolute atomic E-state index is 0.0149. The van der Waals surface area contributed by atoms with Gasteiger partial charge in [-0.1, -0.05) is 19.8 Å². The fraction of sp³-hybridized carbons (Fsp3) is 0.857. The summed E-state index contributed by atoms with van der Waals surface area (Å²) in [6.45, 7) is 2.23. The molecule has 0 aliphatic heterocycles. The molecule has 0 heterocycles. The van der Waals surface area contributed by atoms with E-state index in [1.54, 1.807) is 0 Å². The molecule has 3 heteroatoms. The molecule has 1 amide bonds. The maximum Gasteiger partial charge on any atom is 0.240 e. The Hall–Kier alpha value is -1.04. The monoisotopic (exact) mass is 234 g/mol. The molecule has 0 atom stereocenters. The van der Waals surface area contributed by atoms with Gasteiger partial charge < -0.3 is 5.32 Å². The quantitative estimate of drug-likeness (QED) is 0.813. The number of nitrogens with one attached hydrogen (secondary N) is 1. The van der Waals surface area contributed by atoms with Crippen molar-refractivity contribution in [2.75, 3.05) is 0 Å². The Bertz CT molecular complexity index is 320. The van der Waals surface area contributed by atoms with Gasteiger partial charge in [-0.3, -0.25) is 4.79 Å². The van der Waals surface area contributed by atoms with E-state index in [0.29, 0.717) is 6.04 Å². The molecule has 0 spiro atoms. The van der Waals surface area contributed by atoms with Crippen LogP contribution in [0.25, 0.3) is 0 Å². The third-order valence-electron chi connectivity index (χ3n) is 4.28. The van der Waals surface area contributed by atoms with Gasteiger partial charge in [0.05, 0.1) is 6.07 Å². The molecule has 2 rings (SSSR count). The molecule has 0 aromatic heterocycles. The van der Waals surface area contributed by atoms with Crippen LogP contribution in [-0.4, -0.2) is 11.9 Å². The van der Waals surface area contributed by atoms with Crippen LogP contribution < -0.4 is 5.32 Å². The van der Waals surface area contributed by atoms with Crippen molar-refractivity contribution in [1.82, 2.24) is 5.32 Å². The molecular formula is C14H22N2O. The largest absolute Gasteiger partial charge is 0.352 e. The van der Waals surface area contributed by atoms with Gasteiger partial charge in [0.2, 0.25) is 5.91 Å². The summed E-state index contributed by atoms with van der Waals surface area (Å²) in [5.41, 5.74) is -0.653. The zero-order valence-electron chi connectivity index (χ0n) is 10.7. The molecule has 0 aromatic carbocycles. The van der Waals surface area contributed by atoms with E-state index in [4.69, 9.17) is 5.26 Å². The van der Waals surface area contributed by atoms with Crippen LogP contribution in [0.2, 0.25) is 0 Å². The third kappa shape index (κ3) is 2.80. The zero-order chi connectivity index (χ0) is 12.3. The first kappa shape index (κ1) is 12.4. The Morgan fingerprint density at radius 1 is 1.35 bits per heavy atom. The first-order valence-electron chi connectivity index (χ1n) is 6.92. The second kappa shape index (κ2) is 5.08. The Balaban J connectivity index is 1.75. The predicted molar refractivity (Wildman–Crippen MR) is 66.1 cm³/mol. The van der Waals surface area contributed by atoms with Gasteiger partial charge in [-0.25, -0.2) is 0 Å². The highest BCUT2D eigenvalue weighted by Gasteiger charge is 2.51. The van der Waals surface area contributed by atoms with Crippen molar-refractivity contribution < 1.29 is 4.79 Å². The molecule has 2 aliphatic carbocycles. The molecular weight excluding hydrogens is 212 g/mol. The maximum absolute atomic E-state index is 11.9. The van der Waals surface area contributed by atoms with Gasteiger partial charge >= 0.3 is 0 Å². The summed E-state index contributed by atoms with van der Waals surface area (Å²) < 4.78 is 0. The van der Waals surface area contributed by atoms with Gasteiger partial charge in [-0.15, -0.1) is 0 Å². The van der Waals surface area contributed by atoms with E-state index in [2.05, 4.69) is 18.3 Å². The SMILES string of the molecule is CCCC1CCC(NC(=O)C2(C#N)CC2)CC1. The molecule has 0 saturated heterocycles. The summed E-state index contributed by atoms with van der Waals surface area (Å²) in [5, 5.41) is 12.0. The minimum Gasteiger partial charge on any atom is -0.352 e. The van der Waals surface area contributed by atoms with Crippen LogP contribution in [0.5, 0.6) is 0 Å². The number of hydrogen-bond acceptors (Lipinski definition) is 2. The fourth-order valence-corrected chi connectivity index (χ4v) is 2.84. The lowest BCUT2D eigenvalue weighted by atomic mass is 9.83. The van der Waals surface area contributed by atoms with Crippen LogP contribution in [0.15, 0.2) is 0 Å². The average Bonchev–Trinajstić information content (AvgIpc) is 3.13. The molecule has 1 N–H and O–H groups in total. The molecule has 0 unspecified atom stereocenters. The van der Waals surface area contributed by atoms with Gasteiger partial charge in [0.1, 0.15) is 5.41 Å². The van der Waals surface area contributed by atoms with E-state index in [0.717, 1.165) is 31.6 Å². The molecule has 0 bridgehead atoms. The normalized spacial score (nSPS) is 30.4. The molecule has 2 aliphatic rings. The number of carbonyl (C=O) groups is 1. The molecule has 94 valence electrons. The van der Waals surface area contributed by atoms with Crippen molar-refractivity contribution >= 4 is 5.91 Å². The van der Waals surface area contributed by atoms with Crippen molar-refractivity contribution in [3.05, 3.63) is 0 Å². The third-order valence-corrected chi connectivity index (χ3v) is 4.28. The summed E-state index contributed by atoms with van der Waals surface area (Å²) in [6, 6.07) is 2.48. The van der Waals surface area contributed by atoms with Crippen molar-refractivity contribution in [2.45, 2.75) is 64.3 Å². The lowest BCUT2D eigenvalue weighted by Crippen LogP contribution is -2.41. The molecule has 0 aromatic rings. The number of nitrogens with zero attached hydrogens (tertiary/aromatic N) is 1. The molecule has 2 fully saturated rings. The summed E-state index contributed by atoms with van der Waals surface area (Å²) >= 11 is 0. The highest BCUT2D eigenvalue weighted by atomic mass is 16.2. The highest BCUT2D eigenvalue weighted by Crippen LogP contribution is 2.45. The van der Waals surface area contributed by atoms with Gasteiger partial charge in [0, 0.05) is 6.04 Å². The van der Waals surface area contributed by atoms with Crippen LogP contribution in [0.4, 0.5) is 0 Å². The molecule has 2 saturated carbocycles. The number of rotatable bonds is 4. The standard InChI is InChI=1S/C14H22N2O/c1-2-3-11-4-6-12(7-5-11)16-13(17)14(10-15)8-9-14/h11-12H,2-9H2,1H3,(H,16,17). The van der Waals surface area contributed by atoms with Crippen molar-refractivity contribution in [2.24, 2.45) is 11.3 Å². The van der Waals surface area contributed by atoms with Gasteiger partial charge in [-0.2, -0.15) is 5.26 Å². The number of nitriles is 1. The molecule has 0 radical (unpaired) electrons. The smallest absolute Gasteiger partial charge is 0.240 e. The Morgan fingerprint density at radius 3 is 2.47 bits per heavy atom. The fourth-order valence-electron chi connectivity index (χ4n) is 2.84. The number of amides is 1. The van der Waals surface area contributed by atoms with Crippen molar-refractivity contribution in [3.63, 3.8) is 0 Å². The van der Waals surface area contributed by atoms with Gasteiger partial charge in [0.25, 0.3) is 0 Å². The van der Waals surface area contributed by atoms with Crippen LogP contribution in [0.3, 0.4) is 0 Å². The topological polar surface area (TPSA) is 52.9 Å². The van der Waals surface area contributed by atoms with E-state index in [1.165, 1.54) is 25.7 Å². The first-order chi connectivity index (χ1) is 8.20. The summed E-state index contributed by atoms with van der Waals surface area (Å²) in [7, 11) is 0. The van der Waals surface area contributed by atoms with E-state index in [9.17, 15) is 4.79 Å². The van der Waals surface area contributed by atoms with Crippen molar-refractivity contribution in [3.8, 4) is 6.07 Å². The van der Waals surface area contributed by atoms with Gasteiger partial charge in [0.15, 0.2) is 0 Å². The predicted octanol–water partition coefficient (Wildman–Crippen LogP) is 2.77. The lowest BCUT2D eigenvalue weighted by Gasteiger charge is -2.29. The lowest BCUT2D eigenvalue weighted by molar-refractivity contribution is -0.125. The highest BCUT2D eigenvalue weighted by molar-refractivity contribution is 5.88. The van der Waals surface area contributed by atoms with Crippen LogP contribution in [0, 0.1) is 22.7 Å². The minimum atomic E-state index is -0.653. The van der Waals surface area contributed by atoms with Crippen LogP contribution in [-0.2, 0) is 4.79 Å². The maximum atomic E-state index is 11.9. The number of carbonyl (C=O) groups excluding carboxylic acids is 1. The van der Waals surface area contributed by atoms with Gasteiger partial charge in [-0.05, 0) is 44.4 Å². The second-order valence-electron chi connectivity index (χ2n) is 5.67.